The maximum atomic E-state index is 3.71. The molecule has 3 atom stereocenters. The van der Waals surface area contributed by atoms with Crippen LogP contribution >= 0.6 is 0 Å². The van der Waals surface area contributed by atoms with Gasteiger partial charge in [0, 0.05) is 25.2 Å². The van der Waals surface area contributed by atoms with E-state index in [0.29, 0.717) is 6.04 Å². The van der Waals surface area contributed by atoms with Crippen LogP contribution in [0.25, 0.3) is 0 Å². The van der Waals surface area contributed by atoms with Crippen LogP contribution in [0, 0.1) is 11.8 Å². The Balaban J connectivity index is 2.46. The van der Waals surface area contributed by atoms with Crippen LogP contribution in [0.2, 0.25) is 0 Å². The number of nitrogens with zero attached hydrogens (tertiary/aromatic N) is 1. The van der Waals surface area contributed by atoms with Crippen molar-refractivity contribution in [3.05, 3.63) is 0 Å². The van der Waals surface area contributed by atoms with E-state index in [4.69, 9.17) is 0 Å². The lowest BCUT2D eigenvalue weighted by Gasteiger charge is -2.40. The summed E-state index contributed by atoms with van der Waals surface area (Å²) in [5.74, 6) is 1.61. The number of rotatable bonds is 6. The summed E-state index contributed by atoms with van der Waals surface area (Å²) < 4.78 is 0. The maximum absolute atomic E-state index is 3.71. The molecule has 0 radical (unpaired) electrons. The lowest BCUT2D eigenvalue weighted by atomic mass is 9.93. The Kier molecular flexibility index (Phi) is 6.50. The van der Waals surface area contributed by atoms with Gasteiger partial charge in [-0.15, -0.1) is 0 Å². The third-order valence-corrected chi connectivity index (χ3v) is 4.14. The zero-order valence-corrected chi connectivity index (χ0v) is 12.5. The van der Waals surface area contributed by atoms with E-state index < -0.39 is 0 Å². The first kappa shape index (κ1) is 15.0. The van der Waals surface area contributed by atoms with Crippen molar-refractivity contribution in [3.63, 3.8) is 0 Å². The van der Waals surface area contributed by atoms with Crippen molar-refractivity contribution < 1.29 is 0 Å². The molecule has 0 saturated carbocycles. The second-order valence-electron chi connectivity index (χ2n) is 6.29. The van der Waals surface area contributed by atoms with Crippen molar-refractivity contribution in [1.29, 1.82) is 0 Å². The highest BCUT2D eigenvalue weighted by Gasteiger charge is 2.25. The Hall–Kier alpha value is -0.0800. The SMILES string of the molecule is CCCNC(CN1CC(C)CCC1C)C(C)C. The Morgan fingerprint density at radius 1 is 1.24 bits per heavy atom. The van der Waals surface area contributed by atoms with Gasteiger partial charge in [-0.1, -0.05) is 27.7 Å². The second kappa shape index (κ2) is 7.38. The van der Waals surface area contributed by atoms with Crippen molar-refractivity contribution >= 4 is 0 Å². The summed E-state index contributed by atoms with van der Waals surface area (Å²) in [6, 6.07) is 1.43. The topological polar surface area (TPSA) is 15.3 Å². The molecule has 102 valence electrons. The fourth-order valence-electron chi connectivity index (χ4n) is 2.73. The molecule has 1 aliphatic heterocycles. The first-order chi connectivity index (χ1) is 8.04. The van der Waals surface area contributed by atoms with Gasteiger partial charge in [-0.2, -0.15) is 0 Å². The largest absolute Gasteiger partial charge is 0.312 e. The highest BCUT2D eigenvalue weighted by molar-refractivity contribution is 4.82. The molecule has 17 heavy (non-hydrogen) atoms. The maximum Gasteiger partial charge on any atom is 0.0218 e. The molecule has 1 heterocycles. The predicted octanol–water partition coefficient (Wildman–Crippen LogP) is 3.13. The molecular formula is C15H32N2. The molecule has 1 aliphatic rings. The minimum atomic E-state index is 0.655. The van der Waals surface area contributed by atoms with Crippen molar-refractivity contribution in [3.8, 4) is 0 Å². The van der Waals surface area contributed by atoms with Crippen molar-refractivity contribution in [2.24, 2.45) is 11.8 Å². The van der Waals surface area contributed by atoms with E-state index in [-0.39, 0.29) is 0 Å². The molecule has 0 spiro atoms. The first-order valence-electron chi connectivity index (χ1n) is 7.52. The number of likely N-dealkylation sites (tertiary alicyclic amines) is 1. The van der Waals surface area contributed by atoms with Gasteiger partial charge in [0.15, 0.2) is 0 Å². The van der Waals surface area contributed by atoms with E-state index >= 15 is 0 Å². The van der Waals surface area contributed by atoms with Gasteiger partial charge in [0.05, 0.1) is 0 Å². The van der Waals surface area contributed by atoms with Crippen LogP contribution in [-0.4, -0.2) is 36.6 Å². The number of nitrogens with one attached hydrogen (secondary N) is 1. The van der Waals surface area contributed by atoms with E-state index in [1.54, 1.807) is 0 Å². The predicted molar refractivity (Wildman–Crippen MR) is 76.4 cm³/mol. The molecule has 0 bridgehead atoms. The lowest BCUT2D eigenvalue weighted by molar-refractivity contribution is 0.104. The summed E-state index contributed by atoms with van der Waals surface area (Å²) in [6.07, 6.45) is 4.02. The van der Waals surface area contributed by atoms with Crippen molar-refractivity contribution in [2.45, 2.75) is 66.0 Å². The number of hydrogen-bond donors (Lipinski definition) is 1. The van der Waals surface area contributed by atoms with E-state index in [0.717, 1.165) is 24.4 Å². The molecule has 2 heteroatoms. The highest BCUT2D eigenvalue weighted by atomic mass is 15.2. The van der Waals surface area contributed by atoms with Gasteiger partial charge in [0.25, 0.3) is 0 Å². The van der Waals surface area contributed by atoms with Gasteiger partial charge in [0.1, 0.15) is 0 Å². The smallest absolute Gasteiger partial charge is 0.0218 e. The Morgan fingerprint density at radius 3 is 2.53 bits per heavy atom. The average molecular weight is 240 g/mol. The van der Waals surface area contributed by atoms with Gasteiger partial charge in [-0.25, -0.2) is 0 Å². The minimum absolute atomic E-state index is 0.655. The highest BCUT2D eigenvalue weighted by Crippen LogP contribution is 2.22. The summed E-state index contributed by atoms with van der Waals surface area (Å²) in [4.78, 5) is 2.70. The summed E-state index contributed by atoms with van der Waals surface area (Å²) in [7, 11) is 0. The van der Waals surface area contributed by atoms with Crippen molar-refractivity contribution in [1.82, 2.24) is 10.2 Å². The zero-order valence-electron chi connectivity index (χ0n) is 12.5. The molecule has 3 unspecified atom stereocenters. The Morgan fingerprint density at radius 2 is 1.94 bits per heavy atom. The normalized spacial score (nSPS) is 28.6. The summed E-state index contributed by atoms with van der Waals surface area (Å²) in [5.41, 5.74) is 0. The van der Waals surface area contributed by atoms with Crippen LogP contribution in [0.5, 0.6) is 0 Å². The molecule has 1 rings (SSSR count). The van der Waals surface area contributed by atoms with Crippen LogP contribution in [-0.2, 0) is 0 Å². The van der Waals surface area contributed by atoms with Crippen LogP contribution in [0.15, 0.2) is 0 Å². The minimum Gasteiger partial charge on any atom is -0.312 e. The van der Waals surface area contributed by atoms with E-state index in [1.807, 2.05) is 0 Å². The monoisotopic (exact) mass is 240 g/mol. The van der Waals surface area contributed by atoms with Gasteiger partial charge in [0.2, 0.25) is 0 Å². The molecule has 0 aromatic rings. The molecular weight excluding hydrogens is 208 g/mol. The lowest BCUT2D eigenvalue weighted by Crippen LogP contribution is -2.50. The third-order valence-electron chi connectivity index (χ3n) is 4.14. The summed E-state index contributed by atoms with van der Waals surface area (Å²) in [6.45, 7) is 15.4. The quantitative estimate of drug-likeness (QED) is 0.767. The fraction of sp³-hybridized carbons (Fsp3) is 1.00. The number of hydrogen-bond acceptors (Lipinski definition) is 2. The van der Waals surface area contributed by atoms with E-state index in [9.17, 15) is 0 Å². The molecule has 1 N–H and O–H groups in total. The van der Waals surface area contributed by atoms with E-state index in [2.05, 4.69) is 44.8 Å². The van der Waals surface area contributed by atoms with Crippen LogP contribution < -0.4 is 5.32 Å². The van der Waals surface area contributed by atoms with Gasteiger partial charge >= 0.3 is 0 Å². The molecule has 2 nitrogen and oxygen atoms in total. The number of piperidine rings is 1. The molecule has 0 aromatic carbocycles. The molecule has 1 saturated heterocycles. The average Bonchev–Trinajstić information content (AvgIpc) is 2.28. The van der Waals surface area contributed by atoms with Crippen LogP contribution in [0.3, 0.4) is 0 Å². The zero-order chi connectivity index (χ0) is 12.8. The van der Waals surface area contributed by atoms with Crippen LogP contribution in [0.1, 0.15) is 53.9 Å². The molecule has 0 amide bonds. The van der Waals surface area contributed by atoms with Gasteiger partial charge in [-0.3, -0.25) is 4.90 Å². The Labute approximate surface area is 108 Å². The second-order valence-corrected chi connectivity index (χ2v) is 6.29. The summed E-state index contributed by atoms with van der Waals surface area (Å²) in [5, 5.41) is 3.71. The van der Waals surface area contributed by atoms with Crippen LogP contribution in [0.4, 0.5) is 0 Å². The van der Waals surface area contributed by atoms with Gasteiger partial charge < -0.3 is 5.32 Å². The molecule has 1 fully saturated rings. The molecule has 0 aromatic heterocycles. The van der Waals surface area contributed by atoms with Crippen molar-refractivity contribution in [2.75, 3.05) is 19.6 Å². The first-order valence-corrected chi connectivity index (χ1v) is 7.52. The standard InChI is InChI=1S/C15H32N2/c1-6-9-16-15(12(2)3)11-17-10-13(4)7-8-14(17)5/h12-16H,6-11H2,1-5H3. The summed E-state index contributed by atoms with van der Waals surface area (Å²) >= 11 is 0. The third kappa shape index (κ3) is 4.97. The van der Waals surface area contributed by atoms with E-state index in [1.165, 1.54) is 32.4 Å². The molecule has 0 aliphatic carbocycles. The van der Waals surface area contributed by atoms with Gasteiger partial charge in [-0.05, 0) is 44.6 Å². The Bertz CT molecular complexity index is 203. The fourth-order valence-corrected chi connectivity index (χ4v) is 2.73.